The molecule has 154 valence electrons. The number of methoxy groups -OCH3 is 2. The molecule has 29 heavy (non-hydrogen) atoms. The Morgan fingerprint density at radius 1 is 1.00 bits per heavy atom. The normalized spacial score (nSPS) is 24.0. The van der Waals surface area contributed by atoms with Crippen LogP contribution in [0, 0.1) is 0 Å². The van der Waals surface area contributed by atoms with Crippen LogP contribution in [-0.4, -0.2) is 43.2 Å². The van der Waals surface area contributed by atoms with Crippen LogP contribution in [0.4, 0.5) is 0 Å². The van der Waals surface area contributed by atoms with E-state index >= 15 is 0 Å². The number of piperidine rings is 2. The number of hydrogen-bond acceptors (Lipinski definition) is 4. The van der Waals surface area contributed by atoms with Gasteiger partial charge in [-0.25, -0.2) is 0 Å². The lowest BCUT2D eigenvalue weighted by Crippen LogP contribution is -2.56. The number of nitrogens with one attached hydrogen (secondary N) is 1. The van der Waals surface area contributed by atoms with Crippen molar-refractivity contribution in [2.24, 2.45) is 0 Å². The van der Waals surface area contributed by atoms with E-state index in [1.807, 2.05) is 12.1 Å². The zero-order chi connectivity index (χ0) is 20.2. The molecule has 2 heterocycles. The minimum atomic E-state index is -0.0830. The van der Waals surface area contributed by atoms with Gasteiger partial charge in [-0.1, -0.05) is 42.8 Å². The lowest BCUT2D eigenvalue weighted by Gasteiger charge is -2.49. The molecule has 2 aromatic rings. The van der Waals surface area contributed by atoms with Crippen LogP contribution in [0.25, 0.3) is 0 Å². The van der Waals surface area contributed by atoms with Gasteiger partial charge in [-0.2, -0.15) is 0 Å². The maximum Gasteiger partial charge on any atom is 0.255 e. The van der Waals surface area contributed by atoms with Crippen LogP contribution < -0.4 is 14.8 Å². The third-order valence-corrected chi connectivity index (χ3v) is 6.32. The van der Waals surface area contributed by atoms with E-state index in [0.29, 0.717) is 29.1 Å². The predicted molar refractivity (Wildman–Crippen MR) is 113 cm³/mol. The standard InChI is InChI=1S/C24H30N2O3/c1-28-22-13-7-12-21(23(22)29-2)24(27)25-18-14-19-10-6-11-20(15-18)26(19)16-17-8-4-3-5-9-17/h3-5,7-9,12-13,18-20H,6,10-11,14-16H2,1-2H3,(H,25,27)/t18?,19-,20+. The summed E-state index contributed by atoms with van der Waals surface area (Å²) in [5.41, 5.74) is 1.90. The summed E-state index contributed by atoms with van der Waals surface area (Å²) in [6, 6.07) is 17.4. The maximum atomic E-state index is 13.0. The number of nitrogens with zero attached hydrogens (tertiary/aromatic N) is 1. The van der Waals surface area contributed by atoms with E-state index < -0.39 is 0 Å². The molecule has 1 N–H and O–H groups in total. The van der Waals surface area contributed by atoms with Crippen molar-refractivity contribution < 1.29 is 14.3 Å². The van der Waals surface area contributed by atoms with E-state index in [2.05, 4.69) is 40.5 Å². The highest BCUT2D eigenvalue weighted by Gasteiger charge is 2.38. The van der Waals surface area contributed by atoms with Crippen molar-refractivity contribution in [2.75, 3.05) is 14.2 Å². The van der Waals surface area contributed by atoms with Crippen molar-refractivity contribution in [1.82, 2.24) is 10.2 Å². The third kappa shape index (κ3) is 4.25. The lowest BCUT2D eigenvalue weighted by molar-refractivity contribution is 0.0177. The molecule has 2 bridgehead atoms. The largest absolute Gasteiger partial charge is 0.493 e. The first kappa shape index (κ1) is 19.8. The molecule has 1 amide bonds. The Hall–Kier alpha value is -2.53. The Morgan fingerprint density at radius 2 is 1.72 bits per heavy atom. The van der Waals surface area contributed by atoms with Crippen molar-refractivity contribution in [3.05, 3.63) is 59.7 Å². The summed E-state index contributed by atoms with van der Waals surface area (Å²) in [5.74, 6) is 0.990. The number of rotatable bonds is 6. The van der Waals surface area contributed by atoms with Gasteiger partial charge in [0, 0.05) is 24.7 Å². The Labute approximate surface area is 173 Å². The second-order valence-electron chi connectivity index (χ2n) is 8.08. The van der Waals surface area contributed by atoms with Crippen molar-refractivity contribution in [3.8, 4) is 11.5 Å². The number of hydrogen-bond donors (Lipinski definition) is 1. The van der Waals surface area contributed by atoms with Gasteiger partial charge in [0.1, 0.15) is 0 Å². The molecule has 0 aromatic heterocycles. The molecule has 2 aliphatic rings. The van der Waals surface area contributed by atoms with Gasteiger partial charge in [0.25, 0.3) is 5.91 Å². The molecular weight excluding hydrogens is 364 g/mol. The Kier molecular flexibility index (Phi) is 6.05. The average molecular weight is 395 g/mol. The monoisotopic (exact) mass is 394 g/mol. The molecule has 0 spiro atoms. The summed E-state index contributed by atoms with van der Waals surface area (Å²) in [4.78, 5) is 15.7. The second-order valence-corrected chi connectivity index (χ2v) is 8.08. The molecule has 2 aliphatic heterocycles. The molecule has 2 fully saturated rings. The fourth-order valence-corrected chi connectivity index (χ4v) is 4.98. The first-order valence-corrected chi connectivity index (χ1v) is 10.5. The zero-order valence-electron chi connectivity index (χ0n) is 17.3. The summed E-state index contributed by atoms with van der Waals surface area (Å²) in [6.07, 6.45) is 5.70. The van der Waals surface area contributed by atoms with Crippen molar-refractivity contribution in [3.63, 3.8) is 0 Å². The molecule has 5 nitrogen and oxygen atoms in total. The average Bonchev–Trinajstić information content (AvgIpc) is 2.74. The minimum Gasteiger partial charge on any atom is -0.493 e. The number of para-hydroxylation sites is 1. The van der Waals surface area contributed by atoms with E-state index in [1.165, 1.54) is 24.8 Å². The van der Waals surface area contributed by atoms with Gasteiger partial charge in [0.15, 0.2) is 11.5 Å². The number of fused-ring (bicyclic) bond motifs is 2. The summed E-state index contributed by atoms with van der Waals surface area (Å²) >= 11 is 0. The highest BCUT2D eigenvalue weighted by molar-refractivity contribution is 5.98. The number of carbonyl (C=O) groups excluding carboxylic acids is 1. The summed E-state index contributed by atoms with van der Waals surface area (Å²) in [6.45, 7) is 1.00. The minimum absolute atomic E-state index is 0.0830. The van der Waals surface area contributed by atoms with Crippen molar-refractivity contribution in [1.29, 1.82) is 0 Å². The van der Waals surface area contributed by atoms with Gasteiger partial charge >= 0.3 is 0 Å². The van der Waals surface area contributed by atoms with Crippen LogP contribution >= 0.6 is 0 Å². The van der Waals surface area contributed by atoms with Gasteiger partial charge in [-0.15, -0.1) is 0 Å². The zero-order valence-corrected chi connectivity index (χ0v) is 17.3. The molecule has 5 heteroatoms. The van der Waals surface area contributed by atoms with E-state index in [1.54, 1.807) is 20.3 Å². The molecule has 3 atom stereocenters. The fourth-order valence-electron chi connectivity index (χ4n) is 4.98. The highest BCUT2D eigenvalue weighted by atomic mass is 16.5. The van der Waals surface area contributed by atoms with Crippen molar-refractivity contribution in [2.45, 2.75) is 56.8 Å². The highest BCUT2D eigenvalue weighted by Crippen LogP contribution is 2.36. The van der Waals surface area contributed by atoms with Crippen LogP contribution in [0.5, 0.6) is 11.5 Å². The number of carbonyl (C=O) groups is 1. The molecule has 0 aliphatic carbocycles. The Bertz CT molecular complexity index is 825. The van der Waals surface area contributed by atoms with Gasteiger partial charge in [0.2, 0.25) is 0 Å². The topological polar surface area (TPSA) is 50.8 Å². The fraction of sp³-hybridized carbons (Fsp3) is 0.458. The van der Waals surface area contributed by atoms with E-state index in [-0.39, 0.29) is 11.9 Å². The molecule has 2 saturated heterocycles. The summed E-state index contributed by atoms with van der Waals surface area (Å²) in [7, 11) is 3.16. The molecule has 1 unspecified atom stereocenters. The van der Waals surface area contributed by atoms with Crippen LogP contribution in [0.1, 0.15) is 48.0 Å². The van der Waals surface area contributed by atoms with E-state index in [9.17, 15) is 4.79 Å². The number of amides is 1. The third-order valence-electron chi connectivity index (χ3n) is 6.32. The summed E-state index contributed by atoms with van der Waals surface area (Å²) < 4.78 is 10.8. The molecule has 4 rings (SSSR count). The quantitative estimate of drug-likeness (QED) is 0.804. The molecular formula is C24H30N2O3. The maximum absolute atomic E-state index is 13.0. The van der Waals surface area contributed by atoms with Crippen LogP contribution in [0.15, 0.2) is 48.5 Å². The second kappa shape index (κ2) is 8.87. The molecule has 2 aromatic carbocycles. The SMILES string of the molecule is COc1cccc(C(=O)NC2C[C@H]3CCC[C@@H](C2)N3Cc2ccccc2)c1OC. The first-order chi connectivity index (χ1) is 14.2. The number of benzene rings is 2. The van der Waals surface area contributed by atoms with Crippen LogP contribution in [-0.2, 0) is 6.54 Å². The predicted octanol–water partition coefficient (Wildman–Crippen LogP) is 4.02. The Morgan fingerprint density at radius 3 is 2.38 bits per heavy atom. The van der Waals surface area contributed by atoms with Gasteiger partial charge in [-0.3, -0.25) is 9.69 Å². The van der Waals surface area contributed by atoms with Gasteiger partial charge in [-0.05, 0) is 43.4 Å². The van der Waals surface area contributed by atoms with E-state index in [0.717, 1.165) is 19.4 Å². The van der Waals surface area contributed by atoms with Crippen molar-refractivity contribution >= 4 is 5.91 Å². The number of ether oxygens (including phenoxy) is 2. The lowest BCUT2D eigenvalue weighted by atomic mass is 9.81. The van der Waals surface area contributed by atoms with Crippen LogP contribution in [0.3, 0.4) is 0 Å². The van der Waals surface area contributed by atoms with E-state index in [4.69, 9.17) is 9.47 Å². The molecule has 0 radical (unpaired) electrons. The first-order valence-electron chi connectivity index (χ1n) is 10.5. The summed E-state index contributed by atoms with van der Waals surface area (Å²) in [5, 5.41) is 3.27. The smallest absolute Gasteiger partial charge is 0.255 e. The van der Waals surface area contributed by atoms with Gasteiger partial charge < -0.3 is 14.8 Å². The molecule has 0 saturated carbocycles. The van der Waals surface area contributed by atoms with Crippen LogP contribution in [0.2, 0.25) is 0 Å². The Balaban J connectivity index is 1.45. The van der Waals surface area contributed by atoms with Gasteiger partial charge in [0.05, 0.1) is 19.8 Å².